The van der Waals surface area contributed by atoms with E-state index in [1.165, 1.54) is 13.0 Å². The molecule has 0 aliphatic heterocycles. The van der Waals surface area contributed by atoms with Gasteiger partial charge >= 0.3 is 17.7 Å². The molecule has 118 valence electrons. The zero-order valence-corrected chi connectivity index (χ0v) is 11.6. The number of hydrogen-bond acceptors (Lipinski definition) is 4. The van der Waals surface area contributed by atoms with Gasteiger partial charge in [0.2, 0.25) is 0 Å². The summed E-state index contributed by atoms with van der Waals surface area (Å²) in [5.74, 6) is -2.66. The number of carbonyl (C=O) groups is 1. The summed E-state index contributed by atoms with van der Waals surface area (Å²) in [5, 5.41) is 9.89. The number of aliphatic hydroxyl groups is 1. The molecule has 2 rings (SSSR count). The molecule has 1 aromatic carbocycles. The quantitative estimate of drug-likeness (QED) is 0.880. The fourth-order valence-corrected chi connectivity index (χ4v) is 1.88. The van der Waals surface area contributed by atoms with Crippen LogP contribution in [0.4, 0.5) is 13.2 Å². The molecule has 0 saturated heterocycles. The standard InChI is InChI=1S/C15H13F3O4/c1-2-21-13(19)14(20,15(16,17)18)12-9-8-11(22-12)10-6-4-3-5-7-10/h3-9,20H,2H2,1H3/t14-/m1/s1. The van der Waals surface area contributed by atoms with Crippen LogP contribution < -0.4 is 0 Å². The zero-order valence-electron chi connectivity index (χ0n) is 11.6. The van der Waals surface area contributed by atoms with E-state index in [-0.39, 0.29) is 12.4 Å². The number of rotatable bonds is 4. The van der Waals surface area contributed by atoms with Crippen LogP contribution in [-0.4, -0.2) is 23.9 Å². The van der Waals surface area contributed by atoms with Crippen molar-refractivity contribution < 1.29 is 32.2 Å². The van der Waals surface area contributed by atoms with Gasteiger partial charge in [-0.1, -0.05) is 30.3 Å². The highest BCUT2D eigenvalue weighted by Crippen LogP contribution is 2.41. The molecular weight excluding hydrogens is 301 g/mol. The molecule has 0 saturated carbocycles. The normalized spacial score (nSPS) is 14.4. The number of alkyl halides is 3. The average Bonchev–Trinajstić information content (AvgIpc) is 2.96. The van der Waals surface area contributed by atoms with Crippen LogP contribution in [0.5, 0.6) is 0 Å². The molecule has 1 atom stereocenters. The maximum atomic E-state index is 13.2. The molecule has 7 heteroatoms. The topological polar surface area (TPSA) is 59.7 Å². The Morgan fingerprint density at radius 3 is 2.36 bits per heavy atom. The third-order valence-electron chi connectivity index (χ3n) is 3.00. The first kappa shape index (κ1) is 16.1. The Bertz CT molecular complexity index is 648. The maximum Gasteiger partial charge on any atom is 0.435 e. The van der Waals surface area contributed by atoms with Crippen molar-refractivity contribution in [2.45, 2.75) is 18.7 Å². The van der Waals surface area contributed by atoms with E-state index in [0.717, 1.165) is 6.07 Å². The molecule has 0 amide bonds. The lowest BCUT2D eigenvalue weighted by Crippen LogP contribution is -2.49. The minimum Gasteiger partial charge on any atom is -0.463 e. The molecule has 0 spiro atoms. The first-order chi connectivity index (χ1) is 10.3. The van der Waals surface area contributed by atoms with Gasteiger partial charge in [0.25, 0.3) is 0 Å². The van der Waals surface area contributed by atoms with E-state index in [9.17, 15) is 23.1 Å². The largest absolute Gasteiger partial charge is 0.463 e. The molecule has 0 bridgehead atoms. The van der Waals surface area contributed by atoms with Gasteiger partial charge in [-0.3, -0.25) is 0 Å². The van der Waals surface area contributed by atoms with E-state index >= 15 is 0 Å². The van der Waals surface area contributed by atoms with E-state index in [4.69, 9.17) is 4.42 Å². The molecule has 4 nitrogen and oxygen atoms in total. The number of furan rings is 1. The maximum absolute atomic E-state index is 13.2. The Labute approximate surface area is 124 Å². The zero-order chi connectivity index (χ0) is 16.4. The van der Waals surface area contributed by atoms with Crippen LogP contribution in [0.3, 0.4) is 0 Å². The van der Waals surface area contributed by atoms with Gasteiger partial charge < -0.3 is 14.3 Å². The van der Waals surface area contributed by atoms with Gasteiger partial charge in [-0.2, -0.15) is 13.2 Å². The van der Waals surface area contributed by atoms with E-state index in [1.807, 2.05) is 0 Å². The summed E-state index contributed by atoms with van der Waals surface area (Å²) in [4.78, 5) is 11.6. The Balaban J connectivity index is 2.46. The summed E-state index contributed by atoms with van der Waals surface area (Å²) < 4.78 is 48.9. The molecular formula is C15H13F3O4. The van der Waals surface area contributed by atoms with Crippen LogP contribution in [0, 0.1) is 0 Å². The van der Waals surface area contributed by atoms with E-state index in [0.29, 0.717) is 5.56 Å². The highest BCUT2D eigenvalue weighted by Gasteiger charge is 2.64. The van der Waals surface area contributed by atoms with Gasteiger partial charge in [-0.15, -0.1) is 0 Å². The summed E-state index contributed by atoms with van der Waals surface area (Å²) in [5.41, 5.74) is -3.32. The van der Waals surface area contributed by atoms with Crippen LogP contribution in [-0.2, 0) is 15.1 Å². The first-order valence-electron chi connectivity index (χ1n) is 6.42. The van der Waals surface area contributed by atoms with Crippen molar-refractivity contribution in [1.29, 1.82) is 0 Å². The average molecular weight is 314 g/mol. The van der Waals surface area contributed by atoms with Gasteiger partial charge in [0.15, 0.2) is 5.76 Å². The van der Waals surface area contributed by atoms with Gasteiger partial charge in [-0.05, 0) is 19.1 Å². The summed E-state index contributed by atoms with van der Waals surface area (Å²) in [6.07, 6.45) is -5.27. The second kappa shape index (κ2) is 5.84. The number of halogens is 3. The van der Waals surface area contributed by atoms with E-state index < -0.39 is 23.5 Å². The van der Waals surface area contributed by atoms with Crippen LogP contribution in [0.15, 0.2) is 46.9 Å². The van der Waals surface area contributed by atoms with Crippen LogP contribution in [0.2, 0.25) is 0 Å². The molecule has 0 aliphatic rings. The SMILES string of the molecule is CCOC(=O)[C@](O)(c1ccc(-c2ccccc2)o1)C(F)(F)F. The summed E-state index contributed by atoms with van der Waals surface area (Å²) in [6.45, 7) is 1.04. The molecule has 1 aromatic heterocycles. The summed E-state index contributed by atoms with van der Waals surface area (Å²) >= 11 is 0. The molecule has 2 aromatic rings. The molecule has 0 aliphatic carbocycles. The van der Waals surface area contributed by atoms with Crippen molar-refractivity contribution in [3.05, 3.63) is 48.2 Å². The monoisotopic (exact) mass is 314 g/mol. The first-order valence-corrected chi connectivity index (χ1v) is 6.42. The van der Waals surface area contributed by atoms with Crippen molar-refractivity contribution in [2.24, 2.45) is 0 Å². The van der Waals surface area contributed by atoms with Crippen molar-refractivity contribution in [3.63, 3.8) is 0 Å². The minimum atomic E-state index is -5.27. The summed E-state index contributed by atoms with van der Waals surface area (Å²) in [6, 6.07) is 10.5. The fraction of sp³-hybridized carbons (Fsp3) is 0.267. The number of benzene rings is 1. The molecule has 0 radical (unpaired) electrons. The smallest absolute Gasteiger partial charge is 0.435 e. The third kappa shape index (κ3) is 2.71. The predicted molar refractivity (Wildman–Crippen MR) is 70.7 cm³/mol. The van der Waals surface area contributed by atoms with E-state index in [2.05, 4.69) is 4.74 Å². The number of hydrogen-bond donors (Lipinski definition) is 1. The second-order valence-electron chi connectivity index (χ2n) is 4.46. The number of esters is 1. The Hall–Kier alpha value is -2.28. The number of carbonyl (C=O) groups excluding carboxylic acids is 1. The third-order valence-corrected chi connectivity index (χ3v) is 3.00. The summed E-state index contributed by atoms with van der Waals surface area (Å²) in [7, 11) is 0. The Morgan fingerprint density at radius 2 is 1.82 bits per heavy atom. The van der Waals surface area contributed by atoms with E-state index in [1.54, 1.807) is 30.3 Å². The minimum absolute atomic E-state index is 0.0996. The second-order valence-corrected chi connectivity index (χ2v) is 4.46. The fourth-order valence-electron chi connectivity index (χ4n) is 1.88. The van der Waals surface area contributed by atoms with Crippen LogP contribution in [0.1, 0.15) is 12.7 Å². The lowest BCUT2D eigenvalue weighted by atomic mass is 10.0. The molecule has 1 heterocycles. The number of ether oxygens (including phenoxy) is 1. The lowest BCUT2D eigenvalue weighted by Gasteiger charge is -2.25. The van der Waals surface area contributed by atoms with Gasteiger partial charge in [-0.25, -0.2) is 4.79 Å². The highest BCUT2D eigenvalue weighted by molar-refractivity contribution is 5.81. The van der Waals surface area contributed by atoms with Crippen molar-refractivity contribution in [1.82, 2.24) is 0 Å². The lowest BCUT2D eigenvalue weighted by molar-refractivity contribution is -0.272. The Kier molecular flexibility index (Phi) is 4.27. The van der Waals surface area contributed by atoms with Gasteiger partial charge in [0, 0.05) is 5.56 Å². The molecule has 22 heavy (non-hydrogen) atoms. The highest BCUT2D eigenvalue weighted by atomic mass is 19.4. The van der Waals surface area contributed by atoms with Crippen molar-refractivity contribution in [3.8, 4) is 11.3 Å². The van der Waals surface area contributed by atoms with Crippen molar-refractivity contribution in [2.75, 3.05) is 6.61 Å². The van der Waals surface area contributed by atoms with Crippen LogP contribution in [0.25, 0.3) is 11.3 Å². The van der Waals surface area contributed by atoms with Crippen LogP contribution >= 0.6 is 0 Å². The van der Waals surface area contributed by atoms with Gasteiger partial charge in [0.1, 0.15) is 5.76 Å². The van der Waals surface area contributed by atoms with Crippen molar-refractivity contribution >= 4 is 5.97 Å². The predicted octanol–water partition coefficient (Wildman–Crippen LogP) is 3.26. The Morgan fingerprint density at radius 1 is 1.18 bits per heavy atom. The molecule has 0 fully saturated rings. The molecule has 1 N–H and O–H groups in total. The van der Waals surface area contributed by atoms with Gasteiger partial charge in [0.05, 0.1) is 6.61 Å². The molecule has 0 unspecified atom stereocenters.